The Hall–Kier alpha value is -2.44. The van der Waals surface area contributed by atoms with E-state index in [2.05, 4.69) is 5.32 Å². The second kappa shape index (κ2) is 7.42. The first kappa shape index (κ1) is 16.4. The van der Waals surface area contributed by atoms with Gasteiger partial charge in [0, 0.05) is 19.5 Å². The normalized spacial score (nSPS) is 20.5. The number of hydrogen-bond acceptors (Lipinski definition) is 4. The SMILES string of the molecule is NC(=O)CC1CCN(C(=O)NC[C@@H]2COc3ccccc3O2)CC1. The first-order valence-electron chi connectivity index (χ1n) is 8.31. The van der Waals surface area contributed by atoms with Crippen LogP contribution in [0.25, 0.3) is 0 Å². The average Bonchev–Trinajstić information content (AvgIpc) is 2.59. The van der Waals surface area contributed by atoms with E-state index in [4.69, 9.17) is 15.2 Å². The number of benzene rings is 1. The number of urea groups is 1. The number of carbonyl (C=O) groups excluding carboxylic acids is 2. The molecule has 3 amide bonds. The maximum absolute atomic E-state index is 12.2. The Morgan fingerprint density at radius 2 is 1.92 bits per heavy atom. The third kappa shape index (κ3) is 4.10. The number of amides is 3. The average molecular weight is 333 g/mol. The fourth-order valence-corrected chi connectivity index (χ4v) is 3.10. The zero-order chi connectivity index (χ0) is 16.9. The van der Waals surface area contributed by atoms with E-state index in [0.29, 0.717) is 38.4 Å². The monoisotopic (exact) mass is 333 g/mol. The lowest BCUT2D eigenvalue weighted by molar-refractivity contribution is -0.119. The van der Waals surface area contributed by atoms with Crippen molar-refractivity contribution < 1.29 is 19.1 Å². The number of nitrogens with zero attached hydrogens (tertiary/aromatic N) is 1. The standard InChI is InChI=1S/C17H23N3O4/c18-16(21)9-12-5-7-20(8-6-12)17(22)19-10-13-11-23-14-3-1-2-4-15(14)24-13/h1-4,12-13H,5-11H2,(H2,18,21)(H,19,22)/t13-/m1/s1. The van der Waals surface area contributed by atoms with Crippen LogP contribution in [0.5, 0.6) is 11.5 Å². The zero-order valence-corrected chi connectivity index (χ0v) is 13.6. The van der Waals surface area contributed by atoms with E-state index in [1.165, 1.54) is 0 Å². The molecule has 1 fully saturated rings. The summed E-state index contributed by atoms with van der Waals surface area (Å²) in [6, 6.07) is 7.40. The molecule has 1 aromatic rings. The molecule has 7 nitrogen and oxygen atoms in total. The molecule has 130 valence electrons. The summed E-state index contributed by atoms with van der Waals surface area (Å²) in [6.07, 6.45) is 1.83. The van der Waals surface area contributed by atoms with Crippen molar-refractivity contribution in [1.29, 1.82) is 0 Å². The largest absolute Gasteiger partial charge is 0.486 e. The number of nitrogens with two attached hydrogens (primary N) is 1. The Morgan fingerprint density at radius 1 is 1.21 bits per heavy atom. The van der Waals surface area contributed by atoms with Crippen molar-refractivity contribution in [2.45, 2.75) is 25.4 Å². The van der Waals surface area contributed by atoms with E-state index >= 15 is 0 Å². The first-order chi connectivity index (χ1) is 11.6. The number of primary amides is 1. The number of hydrogen-bond donors (Lipinski definition) is 2. The Kier molecular flexibility index (Phi) is 5.08. The number of carbonyl (C=O) groups is 2. The minimum Gasteiger partial charge on any atom is -0.486 e. The van der Waals surface area contributed by atoms with Gasteiger partial charge in [-0.05, 0) is 30.9 Å². The molecule has 0 radical (unpaired) electrons. The van der Waals surface area contributed by atoms with E-state index in [0.717, 1.165) is 18.6 Å². The van der Waals surface area contributed by atoms with Crippen molar-refractivity contribution in [3.05, 3.63) is 24.3 Å². The van der Waals surface area contributed by atoms with Gasteiger partial charge in [-0.25, -0.2) is 4.79 Å². The number of ether oxygens (including phenoxy) is 2. The molecule has 1 saturated heterocycles. The lowest BCUT2D eigenvalue weighted by Gasteiger charge is -2.32. The smallest absolute Gasteiger partial charge is 0.317 e. The van der Waals surface area contributed by atoms with E-state index in [1.54, 1.807) is 4.90 Å². The predicted octanol–water partition coefficient (Wildman–Crippen LogP) is 1.12. The quantitative estimate of drug-likeness (QED) is 0.863. The molecule has 1 aromatic carbocycles. The van der Waals surface area contributed by atoms with Crippen LogP contribution in [0.4, 0.5) is 4.79 Å². The van der Waals surface area contributed by atoms with Crippen LogP contribution in [-0.2, 0) is 4.79 Å². The van der Waals surface area contributed by atoms with Crippen LogP contribution in [0, 0.1) is 5.92 Å². The lowest BCUT2D eigenvalue weighted by atomic mass is 9.93. The molecular weight excluding hydrogens is 310 g/mol. The molecule has 2 aliphatic rings. The fourth-order valence-electron chi connectivity index (χ4n) is 3.10. The van der Waals surface area contributed by atoms with Crippen molar-refractivity contribution in [1.82, 2.24) is 10.2 Å². The number of likely N-dealkylation sites (tertiary alicyclic amines) is 1. The van der Waals surface area contributed by atoms with Crippen LogP contribution in [0.2, 0.25) is 0 Å². The summed E-state index contributed by atoms with van der Waals surface area (Å²) in [6.45, 7) is 2.11. The van der Waals surface area contributed by atoms with Crippen LogP contribution in [0.1, 0.15) is 19.3 Å². The van der Waals surface area contributed by atoms with Gasteiger partial charge in [0.25, 0.3) is 0 Å². The number of piperidine rings is 1. The van der Waals surface area contributed by atoms with E-state index in [1.807, 2.05) is 24.3 Å². The van der Waals surface area contributed by atoms with E-state index in [-0.39, 0.29) is 24.0 Å². The predicted molar refractivity (Wildman–Crippen MR) is 87.9 cm³/mol. The van der Waals surface area contributed by atoms with Crippen molar-refractivity contribution in [3.63, 3.8) is 0 Å². The zero-order valence-electron chi connectivity index (χ0n) is 13.6. The highest BCUT2D eigenvalue weighted by molar-refractivity contribution is 5.75. The van der Waals surface area contributed by atoms with Gasteiger partial charge in [0.15, 0.2) is 17.6 Å². The van der Waals surface area contributed by atoms with Gasteiger partial charge in [-0.2, -0.15) is 0 Å². The Morgan fingerprint density at radius 3 is 2.62 bits per heavy atom. The number of para-hydroxylation sites is 2. The highest BCUT2D eigenvalue weighted by Crippen LogP contribution is 2.30. The molecule has 0 unspecified atom stereocenters. The minimum absolute atomic E-state index is 0.102. The molecule has 7 heteroatoms. The fraction of sp³-hybridized carbons (Fsp3) is 0.529. The molecule has 0 aromatic heterocycles. The molecule has 24 heavy (non-hydrogen) atoms. The Labute approximate surface area is 141 Å². The van der Waals surface area contributed by atoms with Crippen molar-refractivity contribution >= 4 is 11.9 Å². The van der Waals surface area contributed by atoms with Gasteiger partial charge in [0.05, 0.1) is 6.54 Å². The molecule has 3 rings (SSSR count). The van der Waals surface area contributed by atoms with Crippen molar-refractivity contribution in [2.75, 3.05) is 26.2 Å². The third-order valence-electron chi connectivity index (χ3n) is 4.44. The first-order valence-corrected chi connectivity index (χ1v) is 8.31. The number of fused-ring (bicyclic) bond motifs is 1. The Bertz CT molecular complexity index is 599. The maximum Gasteiger partial charge on any atom is 0.317 e. The topological polar surface area (TPSA) is 93.9 Å². The van der Waals surface area contributed by atoms with Gasteiger partial charge in [0.1, 0.15) is 6.61 Å². The second-order valence-corrected chi connectivity index (χ2v) is 6.28. The number of rotatable bonds is 4. The van der Waals surface area contributed by atoms with Crippen molar-refractivity contribution in [2.24, 2.45) is 11.7 Å². The summed E-state index contributed by atoms with van der Waals surface area (Å²) in [5.41, 5.74) is 5.22. The van der Waals surface area contributed by atoms with E-state index < -0.39 is 0 Å². The van der Waals surface area contributed by atoms with Gasteiger partial charge in [0.2, 0.25) is 5.91 Å². The highest BCUT2D eigenvalue weighted by atomic mass is 16.6. The summed E-state index contributed by atoms with van der Waals surface area (Å²) in [4.78, 5) is 25.0. The Balaban J connectivity index is 1.41. The number of nitrogens with one attached hydrogen (secondary N) is 1. The van der Waals surface area contributed by atoms with Gasteiger partial charge in [-0.3, -0.25) is 4.79 Å². The van der Waals surface area contributed by atoms with Crippen LogP contribution in [-0.4, -0.2) is 49.2 Å². The van der Waals surface area contributed by atoms with Gasteiger partial charge in [-0.1, -0.05) is 12.1 Å². The van der Waals surface area contributed by atoms with Crippen LogP contribution >= 0.6 is 0 Å². The summed E-state index contributed by atoms with van der Waals surface area (Å²) in [5.74, 6) is 1.46. The minimum atomic E-state index is -0.271. The van der Waals surface area contributed by atoms with Gasteiger partial charge < -0.3 is 25.4 Å². The maximum atomic E-state index is 12.2. The highest BCUT2D eigenvalue weighted by Gasteiger charge is 2.25. The summed E-state index contributed by atoms with van der Waals surface area (Å²) in [7, 11) is 0. The summed E-state index contributed by atoms with van der Waals surface area (Å²) >= 11 is 0. The van der Waals surface area contributed by atoms with Crippen molar-refractivity contribution in [3.8, 4) is 11.5 Å². The van der Waals surface area contributed by atoms with Crippen LogP contribution < -0.4 is 20.5 Å². The summed E-state index contributed by atoms with van der Waals surface area (Å²) < 4.78 is 11.5. The van der Waals surface area contributed by atoms with Gasteiger partial charge in [-0.15, -0.1) is 0 Å². The third-order valence-corrected chi connectivity index (χ3v) is 4.44. The molecule has 3 N–H and O–H groups in total. The summed E-state index contributed by atoms with van der Waals surface area (Å²) in [5, 5.41) is 2.90. The van der Waals surface area contributed by atoms with Crippen LogP contribution in [0.15, 0.2) is 24.3 Å². The molecule has 0 bridgehead atoms. The molecule has 0 spiro atoms. The molecule has 0 saturated carbocycles. The lowest BCUT2D eigenvalue weighted by Crippen LogP contribution is -2.48. The second-order valence-electron chi connectivity index (χ2n) is 6.28. The van der Waals surface area contributed by atoms with Crippen LogP contribution in [0.3, 0.4) is 0 Å². The molecular formula is C17H23N3O4. The molecule has 2 aliphatic heterocycles. The molecule has 0 aliphatic carbocycles. The molecule has 2 heterocycles. The molecule has 1 atom stereocenters. The van der Waals surface area contributed by atoms with E-state index in [9.17, 15) is 9.59 Å². The van der Waals surface area contributed by atoms with Gasteiger partial charge >= 0.3 is 6.03 Å².